The highest BCUT2D eigenvalue weighted by atomic mass is 32.1. The summed E-state index contributed by atoms with van der Waals surface area (Å²) in [6.07, 6.45) is 6.01. The van der Waals surface area contributed by atoms with Gasteiger partial charge in [-0.15, -0.1) is 12.6 Å². The zero-order chi connectivity index (χ0) is 13.4. The summed E-state index contributed by atoms with van der Waals surface area (Å²) in [5.74, 6) is -0.00566. The number of hydrogen-bond donors (Lipinski definition) is 2. The van der Waals surface area contributed by atoms with E-state index in [1.165, 1.54) is 25.7 Å². The fourth-order valence-corrected chi connectivity index (χ4v) is 2.13. The first-order valence-electron chi connectivity index (χ1n) is 6.73. The van der Waals surface area contributed by atoms with Crippen LogP contribution in [0.5, 0.6) is 0 Å². The van der Waals surface area contributed by atoms with Gasteiger partial charge < -0.3 is 5.32 Å². The maximum atomic E-state index is 12.0. The molecule has 0 fully saturated rings. The van der Waals surface area contributed by atoms with E-state index in [-0.39, 0.29) is 11.9 Å². The Hall–Kier alpha value is -0.960. The second kappa shape index (κ2) is 8.20. The Labute approximate surface area is 116 Å². The summed E-state index contributed by atoms with van der Waals surface area (Å²) in [5, 5.41) is 3.03. The van der Waals surface area contributed by atoms with Crippen LogP contribution in [0.3, 0.4) is 0 Å². The lowest BCUT2D eigenvalue weighted by molar-refractivity contribution is 0.0937. The molecule has 1 N–H and O–H groups in total. The van der Waals surface area contributed by atoms with Crippen LogP contribution in [0.2, 0.25) is 0 Å². The van der Waals surface area contributed by atoms with E-state index in [1.54, 1.807) is 6.07 Å². The second-order valence-corrected chi connectivity index (χ2v) is 5.29. The summed E-state index contributed by atoms with van der Waals surface area (Å²) < 4.78 is 0. The summed E-state index contributed by atoms with van der Waals surface area (Å²) in [7, 11) is 0. The molecule has 0 heterocycles. The third kappa shape index (κ3) is 5.58. The summed E-state index contributed by atoms with van der Waals surface area (Å²) in [5.41, 5.74) is 0.683. The average Bonchev–Trinajstić information content (AvgIpc) is 2.34. The van der Waals surface area contributed by atoms with Crippen molar-refractivity contribution in [1.82, 2.24) is 5.32 Å². The fraction of sp³-hybridized carbons (Fsp3) is 0.533. The quantitative estimate of drug-likeness (QED) is 0.565. The number of hydrogen-bond acceptors (Lipinski definition) is 2. The van der Waals surface area contributed by atoms with Crippen LogP contribution in [0.4, 0.5) is 0 Å². The fourth-order valence-electron chi connectivity index (χ4n) is 1.90. The maximum absolute atomic E-state index is 12.0. The molecule has 2 nitrogen and oxygen atoms in total. The van der Waals surface area contributed by atoms with E-state index < -0.39 is 0 Å². The van der Waals surface area contributed by atoms with E-state index in [0.717, 1.165) is 11.3 Å². The van der Waals surface area contributed by atoms with Crippen LogP contribution >= 0.6 is 12.6 Å². The van der Waals surface area contributed by atoms with E-state index in [4.69, 9.17) is 0 Å². The number of nitrogens with one attached hydrogen (secondary N) is 1. The molecule has 0 aliphatic heterocycles. The van der Waals surface area contributed by atoms with Gasteiger partial charge in [0.2, 0.25) is 0 Å². The van der Waals surface area contributed by atoms with Gasteiger partial charge in [0.05, 0.1) is 0 Å². The van der Waals surface area contributed by atoms with Gasteiger partial charge in [-0.1, -0.05) is 38.7 Å². The number of rotatable bonds is 7. The lowest BCUT2D eigenvalue weighted by Gasteiger charge is -2.13. The van der Waals surface area contributed by atoms with Gasteiger partial charge in [0.1, 0.15) is 0 Å². The molecule has 0 aliphatic carbocycles. The summed E-state index contributed by atoms with van der Waals surface area (Å²) in [4.78, 5) is 12.8. The van der Waals surface area contributed by atoms with Gasteiger partial charge in [-0.2, -0.15) is 0 Å². The summed E-state index contributed by atoms with van der Waals surface area (Å²) >= 11 is 4.24. The normalized spacial score (nSPS) is 12.2. The third-order valence-corrected chi connectivity index (χ3v) is 3.25. The molecule has 18 heavy (non-hydrogen) atoms. The van der Waals surface area contributed by atoms with Gasteiger partial charge in [-0.25, -0.2) is 0 Å². The monoisotopic (exact) mass is 265 g/mol. The average molecular weight is 265 g/mol. The molecule has 0 bridgehead atoms. The second-order valence-electron chi connectivity index (χ2n) is 4.77. The maximum Gasteiger partial charge on any atom is 0.251 e. The van der Waals surface area contributed by atoms with E-state index >= 15 is 0 Å². The van der Waals surface area contributed by atoms with Gasteiger partial charge >= 0.3 is 0 Å². The number of unbranched alkanes of at least 4 members (excludes halogenated alkanes) is 3. The number of carbonyl (C=O) groups excluding carboxylic acids is 1. The number of amides is 1. The molecule has 100 valence electrons. The van der Waals surface area contributed by atoms with Crippen molar-refractivity contribution in [3.05, 3.63) is 29.8 Å². The zero-order valence-electron chi connectivity index (χ0n) is 11.3. The lowest BCUT2D eigenvalue weighted by atomic mass is 10.1. The van der Waals surface area contributed by atoms with E-state index in [2.05, 4.69) is 31.8 Å². The molecule has 1 aromatic rings. The van der Waals surface area contributed by atoms with Gasteiger partial charge in [-0.3, -0.25) is 4.79 Å². The molecular formula is C15H23NOS. The first-order chi connectivity index (χ1) is 8.63. The predicted molar refractivity (Wildman–Crippen MR) is 79.4 cm³/mol. The lowest BCUT2D eigenvalue weighted by Crippen LogP contribution is -2.32. The van der Waals surface area contributed by atoms with Crippen LogP contribution in [0.25, 0.3) is 0 Å². The van der Waals surface area contributed by atoms with Gasteiger partial charge in [0.15, 0.2) is 0 Å². The molecular weight excluding hydrogens is 242 g/mol. The molecule has 1 unspecified atom stereocenters. The first-order valence-corrected chi connectivity index (χ1v) is 7.18. The molecule has 1 atom stereocenters. The number of carbonyl (C=O) groups is 1. The highest BCUT2D eigenvalue weighted by molar-refractivity contribution is 7.80. The Morgan fingerprint density at radius 2 is 2.11 bits per heavy atom. The molecule has 0 spiro atoms. The van der Waals surface area contributed by atoms with Crippen LogP contribution in [0.15, 0.2) is 29.2 Å². The van der Waals surface area contributed by atoms with Crippen LogP contribution in [0, 0.1) is 0 Å². The van der Waals surface area contributed by atoms with Gasteiger partial charge in [-0.05, 0) is 31.5 Å². The van der Waals surface area contributed by atoms with Crippen molar-refractivity contribution in [2.24, 2.45) is 0 Å². The minimum Gasteiger partial charge on any atom is -0.350 e. The molecule has 0 saturated carbocycles. The minimum atomic E-state index is -0.00566. The Morgan fingerprint density at radius 1 is 1.33 bits per heavy atom. The molecule has 0 saturated heterocycles. The van der Waals surface area contributed by atoms with Crippen molar-refractivity contribution in [2.75, 3.05) is 0 Å². The van der Waals surface area contributed by atoms with Crippen molar-refractivity contribution >= 4 is 18.5 Å². The van der Waals surface area contributed by atoms with E-state index in [0.29, 0.717) is 5.56 Å². The van der Waals surface area contributed by atoms with Crippen LogP contribution in [0.1, 0.15) is 56.3 Å². The van der Waals surface area contributed by atoms with Crippen molar-refractivity contribution in [2.45, 2.75) is 56.9 Å². The highest BCUT2D eigenvalue weighted by Gasteiger charge is 2.09. The SMILES string of the molecule is CCCCCCC(C)NC(=O)c1cccc(S)c1. The largest absolute Gasteiger partial charge is 0.350 e. The predicted octanol–water partition coefficient (Wildman–Crippen LogP) is 4.06. The molecule has 3 heteroatoms. The van der Waals surface area contributed by atoms with Crippen LogP contribution < -0.4 is 5.32 Å². The molecule has 0 radical (unpaired) electrons. The van der Waals surface area contributed by atoms with E-state index in [1.807, 2.05) is 18.2 Å². The summed E-state index contributed by atoms with van der Waals surface area (Å²) in [6, 6.07) is 7.57. The van der Waals surface area contributed by atoms with Crippen LogP contribution in [-0.4, -0.2) is 11.9 Å². The Balaban J connectivity index is 2.35. The van der Waals surface area contributed by atoms with Crippen molar-refractivity contribution < 1.29 is 4.79 Å². The molecule has 1 rings (SSSR count). The highest BCUT2D eigenvalue weighted by Crippen LogP contribution is 2.10. The van der Waals surface area contributed by atoms with E-state index in [9.17, 15) is 4.79 Å². The smallest absolute Gasteiger partial charge is 0.251 e. The van der Waals surface area contributed by atoms with Gasteiger partial charge in [0.25, 0.3) is 5.91 Å². The van der Waals surface area contributed by atoms with Crippen LogP contribution in [-0.2, 0) is 0 Å². The Morgan fingerprint density at radius 3 is 2.78 bits per heavy atom. The Kier molecular flexibility index (Phi) is 6.88. The first kappa shape index (κ1) is 15.1. The molecule has 1 amide bonds. The van der Waals surface area contributed by atoms with Crippen molar-refractivity contribution in [1.29, 1.82) is 0 Å². The zero-order valence-corrected chi connectivity index (χ0v) is 12.2. The molecule has 1 aromatic carbocycles. The molecule has 0 aliphatic rings. The summed E-state index contributed by atoms with van der Waals surface area (Å²) in [6.45, 7) is 4.27. The van der Waals surface area contributed by atoms with Crippen molar-refractivity contribution in [3.8, 4) is 0 Å². The molecule has 0 aromatic heterocycles. The number of benzene rings is 1. The standard InChI is InChI=1S/C15H23NOS/c1-3-4-5-6-8-12(2)16-15(17)13-9-7-10-14(18)11-13/h7,9-12,18H,3-6,8H2,1-2H3,(H,16,17). The Bertz CT molecular complexity index is 379. The third-order valence-electron chi connectivity index (χ3n) is 2.98. The van der Waals surface area contributed by atoms with Gasteiger partial charge in [0, 0.05) is 16.5 Å². The minimum absolute atomic E-state index is 0.00566. The number of thiol groups is 1. The topological polar surface area (TPSA) is 29.1 Å². The van der Waals surface area contributed by atoms with Crippen molar-refractivity contribution in [3.63, 3.8) is 0 Å².